The second kappa shape index (κ2) is 4.08. The standard InChI is InChI=1S/C10H14N2O3S2/c1-6-9(17(11,14)15)5-8(16-6)10(13)12(2)7-3-4-7/h5,7H,3-4H2,1-2H3,(H2,11,14,15). The van der Waals surface area contributed by atoms with Crippen LogP contribution < -0.4 is 5.14 Å². The molecule has 0 unspecified atom stereocenters. The maximum absolute atomic E-state index is 12.0. The molecule has 0 radical (unpaired) electrons. The van der Waals surface area contributed by atoms with Crippen molar-refractivity contribution in [3.05, 3.63) is 15.8 Å². The highest BCUT2D eigenvalue weighted by Gasteiger charge is 2.31. The van der Waals surface area contributed by atoms with Crippen LogP contribution in [0.4, 0.5) is 0 Å². The van der Waals surface area contributed by atoms with Crippen molar-refractivity contribution in [1.29, 1.82) is 0 Å². The number of thiophene rings is 1. The molecule has 0 aromatic carbocycles. The first-order valence-electron chi connectivity index (χ1n) is 5.21. The molecular weight excluding hydrogens is 260 g/mol. The Kier molecular flexibility index (Phi) is 3.01. The molecular formula is C10H14N2O3S2. The summed E-state index contributed by atoms with van der Waals surface area (Å²) in [7, 11) is -2.00. The minimum Gasteiger partial charge on any atom is -0.338 e. The van der Waals surface area contributed by atoms with E-state index in [0.717, 1.165) is 12.8 Å². The molecule has 0 bridgehead atoms. The third kappa shape index (κ3) is 2.51. The van der Waals surface area contributed by atoms with E-state index in [1.54, 1.807) is 18.9 Å². The van der Waals surface area contributed by atoms with Crippen LogP contribution in [0, 0.1) is 6.92 Å². The van der Waals surface area contributed by atoms with E-state index in [1.807, 2.05) is 0 Å². The van der Waals surface area contributed by atoms with Crippen molar-refractivity contribution in [2.75, 3.05) is 7.05 Å². The lowest BCUT2D eigenvalue weighted by Crippen LogP contribution is -2.28. The molecule has 2 N–H and O–H groups in total. The van der Waals surface area contributed by atoms with Crippen LogP contribution in [-0.4, -0.2) is 32.3 Å². The smallest absolute Gasteiger partial charge is 0.263 e. The fourth-order valence-electron chi connectivity index (χ4n) is 1.65. The Morgan fingerprint density at radius 2 is 2.12 bits per heavy atom. The molecule has 1 aromatic heterocycles. The monoisotopic (exact) mass is 274 g/mol. The average Bonchev–Trinajstić information content (AvgIpc) is 2.98. The summed E-state index contributed by atoms with van der Waals surface area (Å²) in [4.78, 5) is 14.7. The number of hydrogen-bond acceptors (Lipinski definition) is 4. The molecule has 1 amide bonds. The number of amides is 1. The van der Waals surface area contributed by atoms with Crippen LogP contribution in [0.2, 0.25) is 0 Å². The summed E-state index contributed by atoms with van der Waals surface area (Å²) in [5.74, 6) is -0.129. The molecule has 1 saturated carbocycles. The number of nitrogens with two attached hydrogens (primary N) is 1. The number of hydrogen-bond donors (Lipinski definition) is 1. The molecule has 0 aliphatic heterocycles. The zero-order valence-electron chi connectivity index (χ0n) is 9.63. The third-order valence-electron chi connectivity index (χ3n) is 2.80. The van der Waals surface area contributed by atoms with E-state index < -0.39 is 10.0 Å². The summed E-state index contributed by atoms with van der Waals surface area (Å²) in [6, 6.07) is 1.68. The first kappa shape index (κ1) is 12.5. The molecule has 0 spiro atoms. The van der Waals surface area contributed by atoms with E-state index in [2.05, 4.69) is 0 Å². The summed E-state index contributed by atoms with van der Waals surface area (Å²) in [5.41, 5.74) is 0. The predicted molar refractivity (Wildman–Crippen MR) is 65.5 cm³/mol. The van der Waals surface area contributed by atoms with Crippen molar-refractivity contribution in [2.24, 2.45) is 5.14 Å². The highest BCUT2D eigenvalue weighted by molar-refractivity contribution is 7.89. The van der Waals surface area contributed by atoms with Crippen molar-refractivity contribution in [3.8, 4) is 0 Å². The van der Waals surface area contributed by atoms with Crippen LogP contribution in [0.5, 0.6) is 0 Å². The number of sulfonamides is 1. The fourth-order valence-corrected chi connectivity index (χ4v) is 3.78. The predicted octanol–water partition coefficient (Wildman–Crippen LogP) is 0.938. The first-order valence-corrected chi connectivity index (χ1v) is 7.57. The maximum Gasteiger partial charge on any atom is 0.263 e. The molecule has 7 heteroatoms. The van der Waals surface area contributed by atoms with Gasteiger partial charge in [0.2, 0.25) is 10.0 Å². The number of nitrogens with zero attached hydrogens (tertiary/aromatic N) is 1. The Labute approximate surface area is 104 Å². The summed E-state index contributed by atoms with van der Waals surface area (Å²) < 4.78 is 22.5. The number of aryl methyl sites for hydroxylation is 1. The van der Waals surface area contributed by atoms with Gasteiger partial charge in [-0.25, -0.2) is 13.6 Å². The Morgan fingerprint density at radius 3 is 2.53 bits per heavy atom. The van der Waals surface area contributed by atoms with Gasteiger partial charge in [0.15, 0.2) is 0 Å². The van der Waals surface area contributed by atoms with Crippen molar-refractivity contribution >= 4 is 27.3 Å². The van der Waals surface area contributed by atoms with Gasteiger partial charge >= 0.3 is 0 Å². The number of carbonyl (C=O) groups is 1. The van der Waals surface area contributed by atoms with E-state index in [-0.39, 0.29) is 10.8 Å². The summed E-state index contributed by atoms with van der Waals surface area (Å²) in [5, 5.41) is 5.07. The average molecular weight is 274 g/mol. The Morgan fingerprint density at radius 1 is 1.53 bits per heavy atom. The fraction of sp³-hybridized carbons (Fsp3) is 0.500. The van der Waals surface area contributed by atoms with Crippen LogP contribution in [0.15, 0.2) is 11.0 Å². The van der Waals surface area contributed by atoms with Crippen LogP contribution >= 0.6 is 11.3 Å². The van der Waals surface area contributed by atoms with Gasteiger partial charge in [0, 0.05) is 18.0 Å². The van der Waals surface area contributed by atoms with Crippen molar-refractivity contribution < 1.29 is 13.2 Å². The number of carbonyl (C=O) groups excluding carboxylic acids is 1. The second-order valence-electron chi connectivity index (χ2n) is 4.22. The third-order valence-corrected chi connectivity index (χ3v) is 5.01. The summed E-state index contributed by atoms with van der Waals surface area (Å²) >= 11 is 1.17. The van der Waals surface area contributed by atoms with Gasteiger partial charge in [-0.15, -0.1) is 11.3 Å². The van der Waals surface area contributed by atoms with Crippen LogP contribution in [0.3, 0.4) is 0 Å². The van der Waals surface area contributed by atoms with Crippen molar-refractivity contribution in [3.63, 3.8) is 0 Å². The summed E-state index contributed by atoms with van der Waals surface area (Å²) in [6.45, 7) is 1.65. The van der Waals surface area contributed by atoms with E-state index in [0.29, 0.717) is 15.8 Å². The summed E-state index contributed by atoms with van der Waals surface area (Å²) in [6.07, 6.45) is 2.04. The van der Waals surface area contributed by atoms with E-state index in [4.69, 9.17) is 5.14 Å². The molecule has 1 fully saturated rings. The lowest BCUT2D eigenvalue weighted by molar-refractivity contribution is 0.0789. The zero-order chi connectivity index (χ0) is 12.8. The molecule has 5 nitrogen and oxygen atoms in total. The lowest BCUT2D eigenvalue weighted by Gasteiger charge is -2.14. The van der Waals surface area contributed by atoms with Gasteiger partial charge in [0.1, 0.15) is 0 Å². The van der Waals surface area contributed by atoms with Gasteiger partial charge in [-0.05, 0) is 25.8 Å². The molecule has 1 aliphatic carbocycles. The molecule has 0 atom stereocenters. The van der Waals surface area contributed by atoms with Crippen molar-refractivity contribution in [1.82, 2.24) is 4.90 Å². The quantitative estimate of drug-likeness (QED) is 0.890. The van der Waals surface area contributed by atoms with Crippen molar-refractivity contribution in [2.45, 2.75) is 30.7 Å². The number of rotatable bonds is 3. The van der Waals surface area contributed by atoms with Crippen LogP contribution in [0.1, 0.15) is 27.4 Å². The Bertz CT molecular complexity index is 558. The normalized spacial score (nSPS) is 15.9. The highest BCUT2D eigenvalue weighted by Crippen LogP contribution is 2.30. The zero-order valence-corrected chi connectivity index (χ0v) is 11.3. The highest BCUT2D eigenvalue weighted by atomic mass is 32.2. The molecule has 2 rings (SSSR count). The van der Waals surface area contributed by atoms with Gasteiger partial charge in [-0.3, -0.25) is 4.79 Å². The van der Waals surface area contributed by atoms with Gasteiger partial charge in [-0.2, -0.15) is 0 Å². The van der Waals surface area contributed by atoms with E-state index in [1.165, 1.54) is 17.4 Å². The number of primary sulfonamides is 1. The SMILES string of the molecule is Cc1sc(C(=O)N(C)C2CC2)cc1S(N)(=O)=O. The minimum absolute atomic E-state index is 0.0510. The minimum atomic E-state index is -3.74. The molecule has 94 valence electrons. The maximum atomic E-state index is 12.0. The first-order chi connectivity index (χ1) is 7.80. The van der Waals surface area contributed by atoms with Gasteiger partial charge in [0.25, 0.3) is 5.91 Å². The Balaban J connectivity index is 2.31. The molecule has 1 aromatic rings. The lowest BCUT2D eigenvalue weighted by atomic mass is 10.4. The molecule has 1 heterocycles. The van der Waals surface area contributed by atoms with Gasteiger partial charge < -0.3 is 4.90 Å². The van der Waals surface area contributed by atoms with Crippen LogP contribution in [0.25, 0.3) is 0 Å². The topological polar surface area (TPSA) is 80.5 Å². The van der Waals surface area contributed by atoms with Gasteiger partial charge in [0.05, 0.1) is 9.77 Å². The van der Waals surface area contributed by atoms with Crippen LogP contribution in [-0.2, 0) is 10.0 Å². The molecule has 1 aliphatic rings. The van der Waals surface area contributed by atoms with Gasteiger partial charge in [-0.1, -0.05) is 0 Å². The van der Waals surface area contributed by atoms with E-state index in [9.17, 15) is 13.2 Å². The Hall–Kier alpha value is -0.920. The van der Waals surface area contributed by atoms with E-state index >= 15 is 0 Å². The molecule has 0 saturated heterocycles. The second-order valence-corrected chi connectivity index (χ2v) is 7.01. The molecule has 17 heavy (non-hydrogen) atoms. The largest absolute Gasteiger partial charge is 0.338 e.